The average Bonchev–Trinajstić information content (AvgIpc) is 3.33. The van der Waals surface area contributed by atoms with Crippen molar-refractivity contribution in [3.05, 3.63) is 0 Å². The third kappa shape index (κ3) is 10.4. The molecular weight excluding hydrogens is 282 g/mol. The third-order valence-corrected chi connectivity index (χ3v) is 5.38. The van der Waals surface area contributed by atoms with Gasteiger partial charge in [-0.1, -0.05) is 72.1 Å². The van der Waals surface area contributed by atoms with Gasteiger partial charge in [0.2, 0.25) is 0 Å². The lowest BCUT2D eigenvalue weighted by atomic mass is 10.1. The maximum Gasteiger partial charge on any atom is 0.130 e. The second-order valence-corrected chi connectivity index (χ2v) is 7.83. The normalized spacial score (nSPS) is 17.6. The predicted octanol–water partition coefficient (Wildman–Crippen LogP) is 5.94. The van der Waals surface area contributed by atoms with Crippen molar-refractivity contribution < 1.29 is 9.22 Å². The maximum absolute atomic E-state index is 5.54. The van der Waals surface area contributed by atoms with Gasteiger partial charge < -0.3 is 9.22 Å². The molecule has 0 amide bonds. The summed E-state index contributed by atoms with van der Waals surface area (Å²) >= 11 is 0. The topological polar surface area (TPSA) is 12.5 Å². The molecule has 1 unspecified atom stereocenters. The molecule has 1 rings (SSSR count). The molecule has 0 saturated carbocycles. The van der Waals surface area contributed by atoms with Crippen LogP contribution in [0.15, 0.2) is 0 Å². The minimum absolute atomic E-state index is 0.580. The Balaban J connectivity index is 2.09. The van der Waals surface area contributed by atoms with E-state index >= 15 is 0 Å². The first-order valence-corrected chi connectivity index (χ1v) is 10.7. The first-order valence-electron chi connectivity index (χ1n) is 10.7. The number of nitrogens with zero attached hydrogens (tertiary/aromatic N) is 1. The van der Waals surface area contributed by atoms with E-state index in [0.717, 1.165) is 6.61 Å². The quantitative estimate of drug-likeness (QED) is 0.183. The van der Waals surface area contributed by atoms with Crippen LogP contribution in [0.2, 0.25) is 0 Å². The zero-order valence-corrected chi connectivity index (χ0v) is 16.5. The van der Waals surface area contributed by atoms with Gasteiger partial charge in [-0.3, -0.25) is 0 Å². The highest BCUT2D eigenvalue weighted by molar-refractivity contribution is 4.69. The van der Waals surface area contributed by atoms with Gasteiger partial charge in [-0.25, -0.2) is 0 Å². The Labute approximate surface area is 146 Å². The van der Waals surface area contributed by atoms with E-state index in [1.165, 1.54) is 108 Å². The Bertz CT molecular complexity index is 257. The van der Waals surface area contributed by atoms with Gasteiger partial charge in [0.1, 0.15) is 12.6 Å². The monoisotopic (exact) mass is 326 g/mol. The van der Waals surface area contributed by atoms with Crippen molar-refractivity contribution in [1.29, 1.82) is 0 Å². The maximum atomic E-state index is 5.54. The molecule has 1 heterocycles. The van der Waals surface area contributed by atoms with Crippen LogP contribution in [0.4, 0.5) is 0 Å². The van der Waals surface area contributed by atoms with Crippen LogP contribution in [0, 0.1) is 0 Å². The largest absolute Gasteiger partial charge is 0.367 e. The molecule has 2 heteroatoms. The second-order valence-electron chi connectivity index (χ2n) is 7.83. The summed E-state index contributed by atoms with van der Waals surface area (Å²) < 4.78 is 6.87. The summed E-state index contributed by atoms with van der Waals surface area (Å²) in [6.45, 7) is 13.4. The van der Waals surface area contributed by atoms with E-state index in [4.69, 9.17) is 4.74 Å². The number of rotatable bonds is 17. The number of ether oxygens (including phenoxy) is 1. The molecule has 0 radical (unpaired) electrons. The van der Waals surface area contributed by atoms with E-state index < -0.39 is 0 Å². The molecule has 0 bridgehead atoms. The standard InChI is InChI=1S/C21H44NO/c1-4-7-8-9-10-11-12-13-14-15-18-22(16-5-2,17-6-3)19-21-20-23-21/h21H,4-20H2,1-3H3/q+1. The SMILES string of the molecule is CCCCCCCCCCCC[N+](CCC)(CCC)CC1CO1. The smallest absolute Gasteiger partial charge is 0.130 e. The van der Waals surface area contributed by atoms with Gasteiger partial charge in [-0.05, 0) is 25.7 Å². The van der Waals surface area contributed by atoms with Crippen LogP contribution in [-0.2, 0) is 4.74 Å². The van der Waals surface area contributed by atoms with Crippen molar-refractivity contribution in [3.63, 3.8) is 0 Å². The highest BCUT2D eigenvalue weighted by Crippen LogP contribution is 2.21. The number of unbranched alkanes of at least 4 members (excludes halogenated alkanes) is 9. The fraction of sp³-hybridized carbons (Fsp3) is 1.00. The molecule has 0 spiro atoms. The molecule has 0 aromatic carbocycles. The van der Waals surface area contributed by atoms with Gasteiger partial charge in [0.05, 0.1) is 26.2 Å². The minimum Gasteiger partial charge on any atom is -0.367 e. The van der Waals surface area contributed by atoms with Gasteiger partial charge in [-0.2, -0.15) is 0 Å². The molecule has 23 heavy (non-hydrogen) atoms. The second kappa shape index (κ2) is 13.2. The zero-order valence-electron chi connectivity index (χ0n) is 16.5. The van der Waals surface area contributed by atoms with Crippen LogP contribution in [0.25, 0.3) is 0 Å². The molecule has 1 saturated heterocycles. The summed E-state index contributed by atoms with van der Waals surface area (Å²) in [5.41, 5.74) is 0. The molecule has 1 atom stereocenters. The number of quaternary nitrogens is 1. The number of hydrogen-bond donors (Lipinski definition) is 0. The van der Waals surface area contributed by atoms with Crippen LogP contribution in [0.3, 0.4) is 0 Å². The van der Waals surface area contributed by atoms with Crippen LogP contribution in [-0.4, -0.2) is 43.4 Å². The summed E-state index contributed by atoms with van der Waals surface area (Å²) in [6.07, 6.45) is 17.6. The Morgan fingerprint density at radius 1 is 0.652 bits per heavy atom. The molecular formula is C21H44NO+. The first-order chi connectivity index (χ1) is 11.3. The summed E-state index contributed by atoms with van der Waals surface area (Å²) in [7, 11) is 0. The average molecular weight is 327 g/mol. The van der Waals surface area contributed by atoms with Gasteiger partial charge in [0.25, 0.3) is 0 Å². The molecule has 1 aliphatic heterocycles. The molecule has 138 valence electrons. The molecule has 2 nitrogen and oxygen atoms in total. The molecule has 0 aromatic heterocycles. The van der Waals surface area contributed by atoms with E-state index in [1.807, 2.05) is 0 Å². The van der Waals surface area contributed by atoms with Crippen molar-refractivity contribution in [1.82, 2.24) is 0 Å². The molecule has 0 aliphatic carbocycles. The fourth-order valence-corrected chi connectivity index (χ4v) is 4.10. The number of hydrogen-bond acceptors (Lipinski definition) is 1. The van der Waals surface area contributed by atoms with E-state index in [-0.39, 0.29) is 0 Å². The highest BCUT2D eigenvalue weighted by atomic mass is 16.6. The van der Waals surface area contributed by atoms with Gasteiger partial charge >= 0.3 is 0 Å². The minimum atomic E-state index is 0.580. The summed E-state index contributed by atoms with van der Waals surface area (Å²) in [5.74, 6) is 0. The van der Waals surface area contributed by atoms with Crippen LogP contribution in [0.5, 0.6) is 0 Å². The molecule has 0 N–H and O–H groups in total. The summed E-state index contributed by atoms with van der Waals surface area (Å²) in [4.78, 5) is 0. The van der Waals surface area contributed by atoms with E-state index in [0.29, 0.717) is 6.10 Å². The lowest BCUT2D eigenvalue weighted by Crippen LogP contribution is -2.52. The molecule has 1 fully saturated rings. The van der Waals surface area contributed by atoms with Crippen LogP contribution in [0.1, 0.15) is 97.8 Å². The van der Waals surface area contributed by atoms with Crippen molar-refractivity contribution in [3.8, 4) is 0 Å². The van der Waals surface area contributed by atoms with Crippen molar-refractivity contribution >= 4 is 0 Å². The molecule has 1 aliphatic rings. The highest BCUT2D eigenvalue weighted by Gasteiger charge is 2.35. The van der Waals surface area contributed by atoms with Crippen molar-refractivity contribution in [2.75, 3.05) is 32.8 Å². The van der Waals surface area contributed by atoms with Crippen molar-refractivity contribution in [2.24, 2.45) is 0 Å². The molecule has 0 aromatic rings. The van der Waals surface area contributed by atoms with Gasteiger partial charge in [0, 0.05) is 0 Å². The first kappa shape index (κ1) is 21.0. The van der Waals surface area contributed by atoms with Gasteiger partial charge in [-0.15, -0.1) is 0 Å². The fourth-order valence-electron chi connectivity index (χ4n) is 4.10. The lowest BCUT2D eigenvalue weighted by Gasteiger charge is -2.38. The van der Waals surface area contributed by atoms with E-state index in [2.05, 4.69) is 20.8 Å². The Kier molecular flexibility index (Phi) is 12.1. The Morgan fingerprint density at radius 2 is 1.13 bits per heavy atom. The number of epoxide rings is 1. The van der Waals surface area contributed by atoms with Crippen molar-refractivity contribution in [2.45, 2.75) is 104 Å². The third-order valence-electron chi connectivity index (χ3n) is 5.38. The van der Waals surface area contributed by atoms with E-state index in [9.17, 15) is 0 Å². The lowest BCUT2D eigenvalue weighted by molar-refractivity contribution is -0.929. The Morgan fingerprint density at radius 3 is 1.57 bits per heavy atom. The van der Waals surface area contributed by atoms with Crippen LogP contribution >= 0.6 is 0 Å². The summed E-state index contributed by atoms with van der Waals surface area (Å²) in [5, 5.41) is 0. The summed E-state index contributed by atoms with van der Waals surface area (Å²) in [6, 6.07) is 0. The van der Waals surface area contributed by atoms with Crippen LogP contribution < -0.4 is 0 Å². The zero-order chi connectivity index (χ0) is 16.8. The van der Waals surface area contributed by atoms with Gasteiger partial charge in [0.15, 0.2) is 0 Å². The predicted molar refractivity (Wildman–Crippen MR) is 102 cm³/mol. The Hall–Kier alpha value is -0.0800. The van der Waals surface area contributed by atoms with E-state index in [1.54, 1.807) is 0 Å².